The quantitative estimate of drug-likeness (QED) is 0.341. The van der Waals surface area contributed by atoms with E-state index in [1.165, 1.54) is 0 Å². The highest BCUT2D eigenvalue weighted by atomic mass is 32.1. The summed E-state index contributed by atoms with van der Waals surface area (Å²) in [7, 11) is 0. The molecule has 0 N–H and O–H groups in total. The molecule has 3 aromatic carbocycles. The van der Waals surface area contributed by atoms with E-state index in [1.54, 1.807) is 23.2 Å². The van der Waals surface area contributed by atoms with Crippen LogP contribution in [-0.4, -0.2) is 15.9 Å². The molecular formula is C25H19N3OS. The Labute approximate surface area is 178 Å². The smallest absolute Gasteiger partial charge is 0.229 e. The SMILES string of the molecule is CC(=O)N(c1ccccc1C)c1nc(-c2ccccc2)nc2sc3ccccc3c12. The molecule has 1 amide bonds. The number of nitrogens with zero attached hydrogens (tertiary/aromatic N) is 3. The fourth-order valence-corrected chi connectivity index (χ4v) is 4.80. The number of carbonyl (C=O) groups excluding carboxylic acids is 1. The molecule has 0 spiro atoms. The van der Waals surface area contributed by atoms with Crippen molar-refractivity contribution in [2.75, 3.05) is 4.90 Å². The van der Waals surface area contributed by atoms with Crippen molar-refractivity contribution in [3.63, 3.8) is 0 Å². The molecular weight excluding hydrogens is 390 g/mol. The molecule has 5 rings (SSSR count). The Morgan fingerprint density at radius 1 is 0.867 bits per heavy atom. The number of aromatic nitrogens is 2. The van der Waals surface area contributed by atoms with Crippen LogP contribution in [0.25, 0.3) is 31.7 Å². The van der Waals surface area contributed by atoms with E-state index in [1.807, 2.05) is 73.7 Å². The number of anilines is 2. The zero-order chi connectivity index (χ0) is 20.7. The molecule has 2 aromatic heterocycles. The topological polar surface area (TPSA) is 46.1 Å². The van der Waals surface area contributed by atoms with Gasteiger partial charge in [-0.25, -0.2) is 9.97 Å². The second-order valence-corrected chi connectivity index (χ2v) is 8.19. The molecule has 0 aliphatic heterocycles. The van der Waals surface area contributed by atoms with Crippen molar-refractivity contribution in [3.8, 4) is 11.4 Å². The molecule has 146 valence electrons. The van der Waals surface area contributed by atoms with Crippen molar-refractivity contribution in [3.05, 3.63) is 84.4 Å². The van der Waals surface area contributed by atoms with E-state index in [0.717, 1.165) is 37.1 Å². The molecule has 0 radical (unpaired) electrons. The van der Waals surface area contributed by atoms with Gasteiger partial charge in [-0.05, 0) is 24.6 Å². The van der Waals surface area contributed by atoms with Crippen molar-refractivity contribution in [2.24, 2.45) is 0 Å². The Balaban J connectivity index is 1.88. The predicted molar refractivity (Wildman–Crippen MR) is 124 cm³/mol. The van der Waals surface area contributed by atoms with Gasteiger partial charge >= 0.3 is 0 Å². The minimum atomic E-state index is -0.0846. The summed E-state index contributed by atoms with van der Waals surface area (Å²) in [5.41, 5.74) is 2.77. The van der Waals surface area contributed by atoms with Crippen LogP contribution in [0.1, 0.15) is 12.5 Å². The van der Waals surface area contributed by atoms with Crippen LogP contribution in [0.2, 0.25) is 0 Å². The van der Waals surface area contributed by atoms with Crippen LogP contribution in [-0.2, 0) is 4.79 Å². The van der Waals surface area contributed by atoms with Crippen LogP contribution in [0.4, 0.5) is 11.5 Å². The lowest BCUT2D eigenvalue weighted by molar-refractivity contribution is -0.115. The van der Waals surface area contributed by atoms with E-state index >= 15 is 0 Å². The van der Waals surface area contributed by atoms with E-state index in [2.05, 4.69) is 12.1 Å². The third-order valence-electron chi connectivity index (χ3n) is 5.13. The summed E-state index contributed by atoms with van der Waals surface area (Å²) < 4.78 is 1.13. The number of para-hydroxylation sites is 1. The summed E-state index contributed by atoms with van der Waals surface area (Å²) in [5.74, 6) is 1.15. The lowest BCUT2D eigenvalue weighted by Crippen LogP contribution is -2.25. The maximum Gasteiger partial charge on any atom is 0.229 e. The summed E-state index contributed by atoms with van der Waals surface area (Å²) in [6, 6.07) is 26.0. The number of rotatable bonds is 3. The van der Waals surface area contributed by atoms with Gasteiger partial charge in [-0.2, -0.15) is 0 Å². The highest BCUT2D eigenvalue weighted by Crippen LogP contribution is 2.41. The minimum absolute atomic E-state index is 0.0846. The summed E-state index contributed by atoms with van der Waals surface area (Å²) in [6.45, 7) is 3.59. The van der Waals surface area contributed by atoms with Crippen molar-refractivity contribution < 1.29 is 4.79 Å². The number of benzene rings is 3. The summed E-state index contributed by atoms with van der Waals surface area (Å²) in [4.78, 5) is 25.3. The van der Waals surface area contributed by atoms with Crippen molar-refractivity contribution in [1.82, 2.24) is 9.97 Å². The van der Waals surface area contributed by atoms with Crippen molar-refractivity contribution >= 4 is 49.1 Å². The van der Waals surface area contributed by atoms with Crippen LogP contribution >= 0.6 is 11.3 Å². The molecule has 0 fully saturated rings. The zero-order valence-electron chi connectivity index (χ0n) is 16.7. The first-order valence-electron chi connectivity index (χ1n) is 9.74. The Bertz CT molecular complexity index is 1390. The molecule has 0 aliphatic carbocycles. The molecule has 0 saturated carbocycles. The predicted octanol–water partition coefficient (Wildman–Crippen LogP) is 6.50. The summed E-state index contributed by atoms with van der Waals surface area (Å²) >= 11 is 1.62. The van der Waals surface area contributed by atoms with Gasteiger partial charge in [0.05, 0.1) is 11.1 Å². The van der Waals surface area contributed by atoms with Gasteiger partial charge in [-0.15, -0.1) is 11.3 Å². The van der Waals surface area contributed by atoms with Crippen molar-refractivity contribution in [2.45, 2.75) is 13.8 Å². The molecule has 0 bridgehead atoms. The van der Waals surface area contributed by atoms with Crippen LogP contribution in [0, 0.1) is 6.92 Å². The molecule has 0 unspecified atom stereocenters. The molecule has 5 heteroatoms. The number of carbonyl (C=O) groups is 1. The number of amides is 1. The number of fused-ring (bicyclic) bond motifs is 3. The highest BCUT2D eigenvalue weighted by molar-refractivity contribution is 7.25. The second-order valence-electron chi connectivity index (χ2n) is 7.16. The van der Waals surface area contributed by atoms with Crippen LogP contribution in [0.3, 0.4) is 0 Å². The van der Waals surface area contributed by atoms with Gasteiger partial charge in [0.25, 0.3) is 0 Å². The normalized spacial score (nSPS) is 11.1. The average Bonchev–Trinajstić information content (AvgIpc) is 3.14. The zero-order valence-corrected chi connectivity index (χ0v) is 17.5. The van der Waals surface area contributed by atoms with Crippen molar-refractivity contribution in [1.29, 1.82) is 0 Å². The first kappa shape index (κ1) is 18.5. The van der Waals surface area contributed by atoms with Gasteiger partial charge in [0.2, 0.25) is 5.91 Å². The van der Waals surface area contributed by atoms with E-state index in [4.69, 9.17) is 9.97 Å². The summed E-state index contributed by atoms with van der Waals surface area (Å²) in [5, 5.41) is 1.97. The fourth-order valence-electron chi connectivity index (χ4n) is 3.73. The molecule has 2 heterocycles. The molecule has 0 atom stereocenters. The van der Waals surface area contributed by atoms with Gasteiger partial charge < -0.3 is 0 Å². The standard InChI is InChI=1S/C25H19N3OS/c1-16-10-6-8-14-20(16)28(17(2)29)24-22-19-13-7-9-15-21(19)30-25(22)27-23(26-24)18-11-4-3-5-12-18/h3-15H,1-2H3. The van der Waals surface area contributed by atoms with Gasteiger partial charge in [-0.3, -0.25) is 9.69 Å². The van der Waals surface area contributed by atoms with Crippen LogP contribution in [0.5, 0.6) is 0 Å². The van der Waals surface area contributed by atoms with E-state index < -0.39 is 0 Å². The largest absolute Gasteiger partial charge is 0.274 e. The Morgan fingerprint density at radius 3 is 2.33 bits per heavy atom. The number of hydrogen-bond donors (Lipinski definition) is 0. The summed E-state index contributed by atoms with van der Waals surface area (Å²) in [6.07, 6.45) is 0. The first-order chi connectivity index (χ1) is 14.6. The maximum atomic E-state index is 12.9. The third-order valence-corrected chi connectivity index (χ3v) is 6.20. The Morgan fingerprint density at radius 2 is 1.57 bits per heavy atom. The lowest BCUT2D eigenvalue weighted by atomic mass is 10.1. The fraction of sp³-hybridized carbons (Fsp3) is 0.0800. The number of aryl methyl sites for hydroxylation is 1. The molecule has 30 heavy (non-hydrogen) atoms. The molecule has 0 aliphatic rings. The second kappa shape index (κ2) is 7.35. The number of thiophene rings is 1. The van der Waals surface area contributed by atoms with E-state index in [-0.39, 0.29) is 5.91 Å². The average molecular weight is 410 g/mol. The third kappa shape index (κ3) is 3.04. The monoisotopic (exact) mass is 409 g/mol. The molecule has 4 nitrogen and oxygen atoms in total. The Hall–Kier alpha value is -3.57. The number of hydrogen-bond acceptors (Lipinski definition) is 4. The van der Waals surface area contributed by atoms with Gasteiger partial charge in [0.15, 0.2) is 11.6 Å². The van der Waals surface area contributed by atoms with Gasteiger partial charge in [0.1, 0.15) is 4.83 Å². The Kier molecular flexibility index (Phi) is 4.52. The highest BCUT2D eigenvalue weighted by Gasteiger charge is 2.24. The molecule has 0 saturated heterocycles. The van der Waals surface area contributed by atoms with E-state index in [9.17, 15) is 4.79 Å². The van der Waals surface area contributed by atoms with Crippen LogP contribution in [0.15, 0.2) is 78.9 Å². The maximum absolute atomic E-state index is 12.9. The lowest BCUT2D eigenvalue weighted by Gasteiger charge is -2.23. The minimum Gasteiger partial charge on any atom is -0.274 e. The van der Waals surface area contributed by atoms with Crippen LogP contribution < -0.4 is 4.90 Å². The van der Waals surface area contributed by atoms with E-state index in [0.29, 0.717) is 11.6 Å². The van der Waals surface area contributed by atoms with Gasteiger partial charge in [-0.1, -0.05) is 66.7 Å². The first-order valence-corrected chi connectivity index (χ1v) is 10.6. The molecule has 5 aromatic rings. The van der Waals surface area contributed by atoms with Gasteiger partial charge in [0, 0.05) is 22.6 Å².